The molecule has 0 aliphatic heterocycles. The molecule has 0 fully saturated rings. The van der Waals surface area contributed by atoms with E-state index < -0.39 is 0 Å². The largest absolute Gasteiger partial charge is 0.319 e. The average molecular weight is 258 g/mol. The molecule has 0 unspecified atom stereocenters. The molecule has 0 saturated carbocycles. The van der Waals surface area contributed by atoms with Crippen LogP contribution in [0.15, 0.2) is 28.7 Å². The first-order valence-electron chi connectivity index (χ1n) is 4.50. The fourth-order valence-corrected chi connectivity index (χ4v) is 1.46. The van der Waals surface area contributed by atoms with Gasteiger partial charge >= 0.3 is 0 Å². The summed E-state index contributed by atoms with van der Waals surface area (Å²) in [5.74, 6) is -0.225. The van der Waals surface area contributed by atoms with Crippen molar-refractivity contribution < 1.29 is 4.39 Å². The van der Waals surface area contributed by atoms with Crippen molar-refractivity contribution in [2.24, 2.45) is 0 Å². The van der Waals surface area contributed by atoms with Crippen LogP contribution in [0.25, 0.3) is 6.08 Å². The lowest BCUT2D eigenvalue weighted by Gasteiger charge is -1.97. The van der Waals surface area contributed by atoms with E-state index in [1.807, 2.05) is 13.1 Å². The molecule has 0 atom stereocenters. The van der Waals surface area contributed by atoms with Crippen molar-refractivity contribution in [1.82, 2.24) is 5.32 Å². The number of benzene rings is 1. The van der Waals surface area contributed by atoms with Crippen LogP contribution in [0.3, 0.4) is 0 Å². The summed E-state index contributed by atoms with van der Waals surface area (Å²) in [6.45, 7) is 0.957. The Kier molecular flexibility index (Phi) is 4.84. The highest BCUT2D eigenvalue weighted by Gasteiger charge is 1.96. The first-order valence-corrected chi connectivity index (χ1v) is 5.29. The van der Waals surface area contributed by atoms with E-state index in [9.17, 15) is 4.39 Å². The van der Waals surface area contributed by atoms with Gasteiger partial charge < -0.3 is 5.32 Å². The molecule has 0 spiro atoms. The van der Waals surface area contributed by atoms with Gasteiger partial charge in [0.05, 0.1) is 4.47 Å². The molecule has 0 heterocycles. The van der Waals surface area contributed by atoms with Gasteiger partial charge in [0.2, 0.25) is 0 Å². The third-order valence-corrected chi connectivity index (χ3v) is 2.42. The van der Waals surface area contributed by atoms with E-state index in [0.717, 1.165) is 18.5 Å². The van der Waals surface area contributed by atoms with Crippen molar-refractivity contribution in [3.63, 3.8) is 0 Å². The van der Waals surface area contributed by atoms with Crippen molar-refractivity contribution >= 4 is 22.0 Å². The molecule has 0 amide bonds. The second-order valence-corrected chi connectivity index (χ2v) is 3.82. The van der Waals surface area contributed by atoms with E-state index in [1.54, 1.807) is 12.1 Å². The predicted molar refractivity (Wildman–Crippen MR) is 61.7 cm³/mol. The first kappa shape index (κ1) is 11.4. The van der Waals surface area contributed by atoms with Gasteiger partial charge in [-0.2, -0.15) is 0 Å². The highest BCUT2D eigenvalue weighted by molar-refractivity contribution is 9.10. The predicted octanol–water partition coefficient (Wildman–Crippen LogP) is 3.21. The maximum absolute atomic E-state index is 12.9. The molecular formula is C11H13BrFN. The average Bonchev–Trinajstić information content (AvgIpc) is 2.18. The zero-order chi connectivity index (χ0) is 10.4. The van der Waals surface area contributed by atoms with E-state index in [-0.39, 0.29) is 5.82 Å². The number of hydrogen-bond donors (Lipinski definition) is 1. The monoisotopic (exact) mass is 257 g/mol. The fraction of sp³-hybridized carbons (Fsp3) is 0.273. The van der Waals surface area contributed by atoms with Gasteiger partial charge in [-0.05, 0) is 53.6 Å². The summed E-state index contributed by atoms with van der Waals surface area (Å²) in [5.41, 5.74) is 1.01. The summed E-state index contributed by atoms with van der Waals surface area (Å²) < 4.78 is 13.4. The van der Waals surface area contributed by atoms with Crippen molar-refractivity contribution in [2.45, 2.75) is 6.42 Å². The van der Waals surface area contributed by atoms with Gasteiger partial charge in [-0.15, -0.1) is 0 Å². The lowest BCUT2D eigenvalue weighted by atomic mass is 10.2. The third-order valence-electron chi connectivity index (χ3n) is 1.81. The molecule has 3 heteroatoms. The Morgan fingerprint density at radius 1 is 1.50 bits per heavy atom. The van der Waals surface area contributed by atoms with Crippen LogP contribution < -0.4 is 5.32 Å². The second-order valence-electron chi connectivity index (χ2n) is 2.97. The minimum Gasteiger partial charge on any atom is -0.319 e. The molecule has 0 aromatic heterocycles. The van der Waals surface area contributed by atoms with Crippen LogP contribution >= 0.6 is 15.9 Å². The molecule has 0 aliphatic rings. The van der Waals surface area contributed by atoms with Crippen LogP contribution in [0.4, 0.5) is 4.39 Å². The number of rotatable bonds is 4. The zero-order valence-electron chi connectivity index (χ0n) is 8.06. The van der Waals surface area contributed by atoms with Crippen molar-refractivity contribution in [1.29, 1.82) is 0 Å². The van der Waals surface area contributed by atoms with Crippen LogP contribution in [0.2, 0.25) is 0 Å². The van der Waals surface area contributed by atoms with Crippen molar-refractivity contribution in [3.8, 4) is 0 Å². The highest BCUT2D eigenvalue weighted by Crippen LogP contribution is 2.17. The molecular weight excluding hydrogens is 245 g/mol. The van der Waals surface area contributed by atoms with Gasteiger partial charge in [-0.3, -0.25) is 0 Å². The Morgan fingerprint density at radius 2 is 2.29 bits per heavy atom. The summed E-state index contributed by atoms with van der Waals surface area (Å²) in [6.07, 6.45) is 5.03. The van der Waals surface area contributed by atoms with Crippen LogP contribution in [0, 0.1) is 5.82 Å². The minimum atomic E-state index is -0.225. The zero-order valence-corrected chi connectivity index (χ0v) is 9.64. The maximum atomic E-state index is 12.9. The number of halogens is 2. The lowest BCUT2D eigenvalue weighted by molar-refractivity contribution is 0.621. The van der Waals surface area contributed by atoms with Gasteiger partial charge in [0.25, 0.3) is 0 Å². The van der Waals surface area contributed by atoms with Crippen molar-refractivity contribution in [3.05, 3.63) is 40.1 Å². The summed E-state index contributed by atoms with van der Waals surface area (Å²) in [7, 11) is 1.92. The maximum Gasteiger partial charge on any atom is 0.137 e. The molecule has 76 valence electrons. The van der Waals surface area contributed by atoms with E-state index in [2.05, 4.69) is 27.3 Å². The summed E-state index contributed by atoms with van der Waals surface area (Å²) in [5, 5.41) is 3.05. The molecule has 0 aliphatic carbocycles. The minimum absolute atomic E-state index is 0.225. The van der Waals surface area contributed by atoms with Gasteiger partial charge in [0.15, 0.2) is 0 Å². The smallest absolute Gasteiger partial charge is 0.137 e. The molecule has 0 bridgehead atoms. The molecule has 0 radical (unpaired) electrons. The van der Waals surface area contributed by atoms with E-state index >= 15 is 0 Å². The van der Waals surface area contributed by atoms with Gasteiger partial charge in [-0.25, -0.2) is 4.39 Å². The Labute approximate surface area is 92.1 Å². The molecule has 14 heavy (non-hydrogen) atoms. The molecule has 1 nitrogen and oxygen atoms in total. The van der Waals surface area contributed by atoms with E-state index in [0.29, 0.717) is 4.47 Å². The molecule has 1 aromatic carbocycles. The summed E-state index contributed by atoms with van der Waals surface area (Å²) in [6, 6.07) is 4.99. The van der Waals surface area contributed by atoms with Gasteiger partial charge in [0.1, 0.15) is 5.82 Å². The molecule has 1 rings (SSSR count). The molecule has 1 N–H and O–H groups in total. The van der Waals surface area contributed by atoms with Gasteiger partial charge in [-0.1, -0.05) is 18.2 Å². The fourth-order valence-electron chi connectivity index (χ4n) is 1.06. The standard InChI is InChI=1S/C11H13BrFN/c1-14-7-3-2-4-9-5-6-11(13)10(12)8-9/h2,4-6,8,14H,3,7H2,1H3. The third kappa shape index (κ3) is 3.60. The van der Waals surface area contributed by atoms with Crippen LogP contribution in [0.1, 0.15) is 12.0 Å². The van der Waals surface area contributed by atoms with Crippen LogP contribution in [-0.2, 0) is 0 Å². The van der Waals surface area contributed by atoms with Gasteiger partial charge in [0, 0.05) is 0 Å². The number of hydrogen-bond acceptors (Lipinski definition) is 1. The van der Waals surface area contributed by atoms with Crippen LogP contribution in [-0.4, -0.2) is 13.6 Å². The molecule has 0 saturated heterocycles. The summed E-state index contributed by atoms with van der Waals surface area (Å²) in [4.78, 5) is 0. The first-order chi connectivity index (χ1) is 6.74. The highest BCUT2D eigenvalue weighted by atomic mass is 79.9. The Morgan fingerprint density at radius 3 is 2.93 bits per heavy atom. The topological polar surface area (TPSA) is 12.0 Å². The second kappa shape index (κ2) is 5.94. The van der Waals surface area contributed by atoms with E-state index in [1.165, 1.54) is 6.07 Å². The SMILES string of the molecule is CNCCC=Cc1ccc(F)c(Br)c1. The number of nitrogens with one attached hydrogen (secondary N) is 1. The summed E-state index contributed by atoms with van der Waals surface area (Å²) >= 11 is 3.15. The quantitative estimate of drug-likeness (QED) is 0.818. The Hall–Kier alpha value is -0.670. The Balaban J connectivity index is 2.59. The Bertz CT molecular complexity index is 323. The molecule has 1 aromatic rings. The van der Waals surface area contributed by atoms with E-state index in [4.69, 9.17) is 0 Å². The van der Waals surface area contributed by atoms with Crippen molar-refractivity contribution in [2.75, 3.05) is 13.6 Å². The normalized spacial score (nSPS) is 11.1. The van der Waals surface area contributed by atoms with Crippen LogP contribution in [0.5, 0.6) is 0 Å². The lowest BCUT2D eigenvalue weighted by Crippen LogP contribution is -2.05.